The van der Waals surface area contributed by atoms with Crippen LogP contribution in [-0.2, 0) is 9.53 Å². The number of rotatable bonds is 0. The molecule has 3 atom stereocenters. The summed E-state index contributed by atoms with van der Waals surface area (Å²) in [4.78, 5) is 10.5. The largest absolute Gasteiger partial charge is 0.385 e. The van der Waals surface area contributed by atoms with Crippen molar-refractivity contribution in [1.82, 2.24) is 0 Å². The molecule has 0 aromatic heterocycles. The summed E-state index contributed by atoms with van der Waals surface area (Å²) < 4.78 is 4.37. The van der Waals surface area contributed by atoms with E-state index in [1.165, 1.54) is 0 Å². The summed E-state index contributed by atoms with van der Waals surface area (Å²) >= 11 is 0. The smallest absolute Gasteiger partial charge is 0.189 e. The SMILES string of the molecule is O=C1COC(O)[C@@H](O)[C@@H]1O. The standard InChI is InChI=1S/C5H8O5/c6-2-1-10-5(9)4(8)3(2)7/h3-5,7-9H,1H2/t3-,4+,5?/m1/s1. The van der Waals surface area contributed by atoms with Crippen LogP contribution in [0.4, 0.5) is 0 Å². The first-order valence-electron chi connectivity index (χ1n) is 2.81. The van der Waals surface area contributed by atoms with E-state index in [0.717, 1.165) is 0 Å². The van der Waals surface area contributed by atoms with Crippen LogP contribution < -0.4 is 0 Å². The lowest BCUT2D eigenvalue weighted by Crippen LogP contribution is -2.50. The Kier molecular flexibility index (Phi) is 2.00. The molecule has 1 aliphatic heterocycles. The van der Waals surface area contributed by atoms with Crippen molar-refractivity contribution in [3.63, 3.8) is 0 Å². The van der Waals surface area contributed by atoms with E-state index in [2.05, 4.69) is 4.74 Å². The van der Waals surface area contributed by atoms with Crippen molar-refractivity contribution in [3.8, 4) is 0 Å². The Morgan fingerprint density at radius 2 is 2.00 bits per heavy atom. The highest BCUT2D eigenvalue weighted by Crippen LogP contribution is 2.09. The van der Waals surface area contributed by atoms with Crippen molar-refractivity contribution in [2.45, 2.75) is 18.5 Å². The number of Topliss-reactive ketones (excluding diaryl/α,β-unsaturated/α-hetero) is 1. The summed E-state index contributed by atoms with van der Waals surface area (Å²) in [6.45, 7) is -0.348. The number of hydrogen-bond acceptors (Lipinski definition) is 5. The topological polar surface area (TPSA) is 87.0 Å². The number of aliphatic hydroxyl groups excluding tert-OH is 3. The Morgan fingerprint density at radius 3 is 2.50 bits per heavy atom. The molecule has 0 bridgehead atoms. The molecule has 5 heteroatoms. The Labute approximate surface area is 56.9 Å². The van der Waals surface area contributed by atoms with Crippen molar-refractivity contribution in [2.24, 2.45) is 0 Å². The molecule has 3 N–H and O–H groups in total. The summed E-state index contributed by atoms with van der Waals surface area (Å²) in [5.41, 5.74) is 0. The van der Waals surface area contributed by atoms with Crippen LogP contribution in [0.15, 0.2) is 0 Å². The van der Waals surface area contributed by atoms with Crippen molar-refractivity contribution in [2.75, 3.05) is 6.61 Å². The molecule has 58 valence electrons. The monoisotopic (exact) mass is 148 g/mol. The number of ketones is 1. The van der Waals surface area contributed by atoms with Crippen LogP contribution >= 0.6 is 0 Å². The third kappa shape index (κ3) is 1.17. The molecule has 0 aromatic rings. The highest BCUT2D eigenvalue weighted by molar-refractivity contribution is 5.85. The van der Waals surface area contributed by atoms with Crippen LogP contribution in [0.1, 0.15) is 0 Å². The molecule has 0 spiro atoms. The third-order valence-corrected chi connectivity index (χ3v) is 1.34. The van der Waals surface area contributed by atoms with Crippen LogP contribution in [0.5, 0.6) is 0 Å². The lowest BCUT2D eigenvalue weighted by molar-refractivity contribution is -0.215. The van der Waals surface area contributed by atoms with E-state index in [0.29, 0.717) is 0 Å². The van der Waals surface area contributed by atoms with Gasteiger partial charge in [0.15, 0.2) is 12.1 Å². The normalized spacial score (nSPS) is 41.9. The summed E-state index contributed by atoms with van der Waals surface area (Å²) in [6.07, 6.45) is -4.47. The number of carbonyl (C=O) groups excluding carboxylic acids is 1. The zero-order chi connectivity index (χ0) is 7.72. The van der Waals surface area contributed by atoms with Crippen LogP contribution in [0.25, 0.3) is 0 Å². The number of carbonyl (C=O) groups is 1. The molecule has 1 fully saturated rings. The molecular formula is C5H8O5. The maximum absolute atomic E-state index is 10.5. The lowest BCUT2D eigenvalue weighted by atomic mass is 10.1. The Balaban J connectivity index is 2.60. The zero-order valence-corrected chi connectivity index (χ0v) is 5.10. The predicted molar refractivity (Wildman–Crippen MR) is 29.0 cm³/mol. The molecule has 1 heterocycles. The van der Waals surface area contributed by atoms with Gasteiger partial charge in [-0.25, -0.2) is 0 Å². The Hall–Kier alpha value is -0.490. The van der Waals surface area contributed by atoms with E-state index in [9.17, 15) is 4.79 Å². The molecule has 0 radical (unpaired) electrons. The van der Waals surface area contributed by atoms with Gasteiger partial charge in [-0.1, -0.05) is 0 Å². The fourth-order valence-corrected chi connectivity index (χ4v) is 0.698. The number of ether oxygens (including phenoxy) is 1. The molecule has 1 aliphatic rings. The fraction of sp³-hybridized carbons (Fsp3) is 0.800. The quantitative estimate of drug-likeness (QED) is 0.357. The Morgan fingerprint density at radius 1 is 1.40 bits per heavy atom. The molecule has 0 aliphatic carbocycles. The van der Waals surface area contributed by atoms with Gasteiger partial charge >= 0.3 is 0 Å². The second-order valence-corrected chi connectivity index (χ2v) is 2.10. The minimum absolute atomic E-state index is 0.348. The van der Waals surface area contributed by atoms with Gasteiger partial charge < -0.3 is 20.1 Å². The van der Waals surface area contributed by atoms with E-state index >= 15 is 0 Å². The molecule has 0 saturated carbocycles. The van der Waals surface area contributed by atoms with Crippen LogP contribution in [0.2, 0.25) is 0 Å². The lowest BCUT2D eigenvalue weighted by Gasteiger charge is -2.26. The predicted octanol–water partition coefficient (Wildman–Crippen LogP) is -2.37. The third-order valence-electron chi connectivity index (χ3n) is 1.34. The van der Waals surface area contributed by atoms with E-state index < -0.39 is 24.3 Å². The molecule has 1 rings (SSSR count). The van der Waals surface area contributed by atoms with Crippen LogP contribution in [-0.4, -0.2) is 46.2 Å². The first-order valence-corrected chi connectivity index (χ1v) is 2.81. The summed E-state index contributed by atoms with van der Waals surface area (Å²) in [5, 5.41) is 26.2. The molecular weight excluding hydrogens is 140 g/mol. The number of hydrogen-bond donors (Lipinski definition) is 3. The first-order chi connectivity index (χ1) is 4.63. The average Bonchev–Trinajstić information content (AvgIpc) is 1.93. The van der Waals surface area contributed by atoms with Crippen molar-refractivity contribution in [1.29, 1.82) is 0 Å². The van der Waals surface area contributed by atoms with E-state index in [1.807, 2.05) is 0 Å². The second kappa shape index (κ2) is 2.63. The highest BCUT2D eigenvalue weighted by Gasteiger charge is 2.35. The summed E-state index contributed by atoms with van der Waals surface area (Å²) in [7, 11) is 0. The number of aliphatic hydroxyl groups is 3. The summed E-state index contributed by atoms with van der Waals surface area (Å²) in [6, 6.07) is 0. The van der Waals surface area contributed by atoms with Gasteiger partial charge in [0, 0.05) is 0 Å². The minimum atomic E-state index is -1.51. The van der Waals surface area contributed by atoms with Gasteiger partial charge in [-0.2, -0.15) is 0 Å². The Bertz CT molecular complexity index is 145. The van der Waals surface area contributed by atoms with Gasteiger partial charge in [-0.3, -0.25) is 4.79 Å². The van der Waals surface area contributed by atoms with E-state index in [4.69, 9.17) is 15.3 Å². The summed E-state index contributed by atoms with van der Waals surface area (Å²) in [5.74, 6) is -0.613. The molecule has 5 nitrogen and oxygen atoms in total. The van der Waals surface area contributed by atoms with Crippen LogP contribution in [0, 0.1) is 0 Å². The van der Waals surface area contributed by atoms with Crippen molar-refractivity contribution < 1.29 is 24.9 Å². The van der Waals surface area contributed by atoms with Crippen molar-refractivity contribution >= 4 is 5.78 Å². The van der Waals surface area contributed by atoms with E-state index in [-0.39, 0.29) is 6.61 Å². The van der Waals surface area contributed by atoms with Gasteiger partial charge in [0.25, 0.3) is 0 Å². The molecule has 10 heavy (non-hydrogen) atoms. The fourth-order valence-electron chi connectivity index (χ4n) is 0.698. The second-order valence-electron chi connectivity index (χ2n) is 2.10. The van der Waals surface area contributed by atoms with Gasteiger partial charge in [-0.15, -0.1) is 0 Å². The molecule has 0 amide bonds. The minimum Gasteiger partial charge on any atom is -0.385 e. The first kappa shape index (κ1) is 7.62. The maximum Gasteiger partial charge on any atom is 0.189 e. The highest BCUT2D eigenvalue weighted by atomic mass is 16.6. The van der Waals surface area contributed by atoms with Gasteiger partial charge in [0.05, 0.1) is 0 Å². The average molecular weight is 148 g/mol. The molecule has 1 saturated heterocycles. The van der Waals surface area contributed by atoms with Gasteiger partial charge in [0.1, 0.15) is 18.8 Å². The van der Waals surface area contributed by atoms with Crippen molar-refractivity contribution in [3.05, 3.63) is 0 Å². The van der Waals surface area contributed by atoms with Gasteiger partial charge in [0.2, 0.25) is 0 Å². The maximum atomic E-state index is 10.5. The van der Waals surface area contributed by atoms with Crippen LogP contribution in [0.3, 0.4) is 0 Å². The molecule has 1 unspecified atom stereocenters. The van der Waals surface area contributed by atoms with E-state index in [1.54, 1.807) is 0 Å². The molecule has 0 aromatic carbocycles. The van der Waals surface area contributed by atoms with Gasteiger partial charge in [-0.05, 0) is 0 Å². The zero-order valence-electron chi connectivity index (χ0n) is 5.10.